The van der Waals surface area contributed by atoms with E-state index in [9.17, 15) is 0 Å². The van der Waals surface area contributed by atoms with Gasteiger partial charge in [0.1, 0.15) is 6.33 Å². The second-order valence-corrected chi connectivity index (χ2v) is 3.84. The standard InChI is InChI=1S/C9H12N4/c1-2-10-6-12-8(1)9-3-7(4-13-9)11-5-9/h1-2,6-7,11,13H,3-5H2. The Labute approximate surface area is 76.8 Å². The summed E-state index contributed by atoms with van der Waals surface area (Å²) in [6, 6.07) is 2.64. The van der Waals surface area contributed by atoms with Crippen LogP contribution in [0.1, 0.15) is 12.1 Å². The van der Waals surface area contributed by atoms with Crippen molar-refractivity contribution in [1.82, 2.24) is 20.6 Å². The maximum Gasteiger partial charge on any atom is 0.115 e. The molecule has 0 spiro atoms. The second kappa shape index (κ2) is 2.49. The van der Waals surface area contributed by atoms with Crippen molar-refractivity contribution in [3.05, 3.63) is 24.3 Å². The van der Waals surface area contributed by atoms with E-state index < -0.39 is 0 Å². The lowest BCUT2D eigenvalue weighted by Gasteiger charge is -2.26. The average molecular weight is 176 g/mol. The third-order valence-corrected chi connectivity index (χ3v) is 3.05. The monoisotopic (exact) mass is 176 g/mol. The summed E-state index contributed by atoms with van der Waals surface area (Å²) in [4.78, 5) is 8.25. The molecule has 1 aromatic heterocycles. The normalized spacial score (nSPS) is 36.8. The summed E-state index contributed by atoms with van der Waals surface area (Å²) in [5, 5.41) is 7.01. The van der Waals surface area contributed by atoms with E-state index in [1.807, 2.05) is 12.3 Å². The Morgan fingerprint density at radius 2 is 2.54 bits per heavy atom. The van der Waals surface area contributed by atoms with Crippen LogP contribution in [0.5, 0.6) is 0 Å². The van der Waals surface area contributed by atoms with Gasteiger partial charge in [-0.15, -0.1) is 0 Å². The Kier molecular flexibility index (Phi) is 1.42. The number of hydrogen-bond donors (Lipinski definition) is 2. The first-order valence-electron chi connectivity index (χ1n) is 4.64. The van der Waals surface area contributed by atoms with Crippen molar-refractivity contribution < 1.29 is 0 Å². The number of nitrogens with zero attached hydrogens (tertiary/aromatic N) is 2. The van der Waals surface area contributed by atoms with Gasteiger partial charge in [0.15, 0.2) is 0 Å². The molecule has 0 saturated carbocycles. The molecule has 4 heteroatoms. The first-order chi connectivity index (χ1) is 6.39. The Morgan fingerprint density at radius 1 is 1.54 bits per heavy atom. The Balaban J connectivity index is 2.00. The molecule has 2 N–H and O–H groups in total. The van der Waals surface area contributed by atoms with Crippen molar-refractivity contribution in [3.63, 3.8) is 0 Å². The van der Waals surface area contributed by atoms with Gasteiger partial charge < -0.3 is 10.6 Å². The van der Waals surface area contributed by atoms with Crippen LogP contribution in [0.15, 0.2) is 18.6 Å². The zero-order valence-corrected chi connectivity index (χ0v) is 7.33. The lowest BCUT2D eigenvalue weighted by Crippen LogP contribution is -2.47. The third-order valence-electron chi connectivity index (χ3n) is 3.05. The van der Waals surface area contributed by atoms with Gasteiger partial charge in [-0.25, -0.2) is 9.97 Å². The minimum Gasteiger partial charge on any atom is -0.310 e. The van der Waals surface area contributed by atoms with Gasteiger partial charge in [-0.2, -0.15) is 0 Å². The van der Waals surface area contributed by atoms with Crippen LogP contribution >= 0.6 is 0 Å². The Bertz CT molecular complexity index is 303. The van der Waals surface area contributed by atoms with E-state index >= 15 is 0 Å². The predicted octanol–water partition coefficient (Wildman–Crippen LogP) is -0.363. The first-order valence-corrected chi connectivity index (χ1v) is 4.64. The fourth-order valence-electron chi connectivity index (χ4n) is 2.34. The highest BCUT2D eigenvalue weighted by Gasteiger charge is 2.46. The molecule has 4 nitrogen and oxygen atoms in total. The number of nitrogens with one attached hydrogen (secondary N) is 2. The molecule has 2 saturated heterocycles. The summed E-state index contributed by atoms with van der Waals surface area (Å²) < 4.78 is 0. The summed E-state index contributed by atoms with van der Waals surface area (Å²) in [6.07, 6.45) is 4.59. The minimum atomic E-state index is 0.0909. The van der Waals surface area contributed by atoms with E-state index in [0.29, 0.717) is 6.04 Å². The summed E-state index contributed by atoms with van der Waals surface area (Å²) in [6.45, 7) is 2.05. The molecule has 2 fully saturated rings. The largest absolute Gasteiger partial charge is 0.310 e. The quantitative estimate of drug-likeness (QED) is 0.613. The van der Waals surface area contributed by atoms with E-state index in [1.165, 1.54) is 0 Å². The number of hydrogen-bond acceptors (Lipinski definition) is 4. The SMILES string of the molecule is c1cc(C23CNC(CN2)C3)ncn1. The molecule has 3 heterocycles. The molecule has 2 unspecified atom stereocenters. The zero-order valence-electron chi connectivity index (χ0n) is 7.33. The van der Waals surface area contributed by atoms with Crippen LogP contribution in [0, 0.1) is 0 Å². The van der Waals surface area contributed by atoms with Gasteiger partial charge in [0.25, 0.3) is 0 Å². The minimum absolute atomic E-state index is 0.0909. The highest BCUT2D eigenvalue weighted by atomic mass is 15.2. The number of aromatic nitrogens is 2. The molecule has 3 rings (SSSR count). The van der Waals surface area contributed by atoms with Gasteiger partial charge in [0.05, 0.1) is 11.2 Å². The van der Waals surface area contributed by atoms with E-state index in [1.54, 1.807) is 6.33 Å². The van der Waals surface area contributed by atoms with Crippen LogP contribution in [0.2, 0.25) is 0 Å². The highest BCUT2D eigenvalue weighted by molar-refractivity contribution is 5.21. The van der Waals surface area contributed by atoms with Crippen LogP contribution in [0.25, 0.3) is 0 Å². The lowest BCUT2D eigenvalue weighted by atomic mass is 9.96. The second-order valence-electron chi connectivity index (χ2n) is 3.84. The molecule has 0 aliphatic carbocycles. The van der Waals surface area contributed by atoms with Gasteiger partial charge in [-0.3, -0.25) is 0 Å². The summed E-state index contributed by atoms with van der Waals surface area (Å²) in [5.74, 6) is 0. The number of piperazine rings is 1. The van der Waals surface area contributed by atoms with Crippen molar-refractivity contribution in [2.75, 3.05) is 13.1 Å². The van der Waals surface area contributed by atoms with Gasteiger partial charge in [-0.1, -0.05) is 0 Å². The smallest absolute Gasteiger partial charge is 0.115 e. The fraction of sp³-hybridized carbons (Fsp3) is 0.556. The van der Waals surface area contributed by atoms with Crippen LogP contribution in [0.4, 0.5) is 0 Å². The summed E-state index contributed by atoms with van der Waals surface area (Å²) in [5.41, 5.74) is 1.21. The molecule has 2 atom stereocenters. The van der Waals surface area contributed by atoms with Crippen molar-refractivity contribution in [3.8, 4) is 0 Å². The molecule has 13 heavy (non-hydrogen) atoms. The molecule has 1 aromatic rings. The maximum absolute atomic E-state index is 4.32. The van der Waals surface area contributed by atoms with Crippen LogP contribution in [0.3, 0.4) is 0 Å². The lowest BCUT2D eigenvalue weighted by molar-refractivity contribution is 0.382. The molecule has 0 aromatic carbocycles. The van der Waals surface area contributed by atoms with Crippen molar-refractivity contribution in [1.29, 1.82) is 0 Å². The number of fused-ring (bicyclic) bond motifs is 2. The van der Waals surface area contributed by atoms with Gasteiger partial charge in [0, 0.05) is 25.3 Å². The van der Waals surface area contributed by atoms with Gasteiger partial charge in [-0.05, 0) is 12.5 Å². The van der Waals surface area contributed by atoms with E-state index in [2.05, 4.69) is 20.6 Å². The third kappa shape index (κ3) is 0.990. The van der Waals surface area contributed by atoms with Crippen LogP contribution < -0.4 is 10.6 Å². The van der Waals surface area contributed by atoms with Crippen molar-refractivity contribution in [2.24, 2.45) is 0 Å². The molecule has 0 radical (unpaired) electrons. The Morgan fingerprint density at radius 3 is 3.08 bits per heavy atom. The number of rotatable bonds is 1. The van der Waals surface area contributed by atoms with Gasteiger partial charge >= 0.3 is 0 Å². The van der Waals surface area contributed by atoms with Gasteiger partial charge in [0.2, 0.25) is 0 Å². The van der Waals surface area contributed by atoms with Crippen molar-refractivity contribution in [2.45, 2.75) is 18.0 Å². The fourth-order valence-corrected chi connectivity index (χ4v) is 2.34. The Hall–Kier alpha value is -1.00. The van der Waals surface area contributed by atoms with Crippen LogP contribution in [-0.4, -0.2) is 29.1 Å². The molecular formula is C9H12N4. The highest BCUT2D eigenvalue weighted by Crippen LogP contribution is 2.33. The maximum atomic E-state index is 4.32. The van der Waals surface area contributed by atoms with Crippen LogP contribution in [-0.2, 0) is 5.54 Å². The summed E-state index contributed by atoms with van der Waals surface area (Å²) >= 11 is 0. The molecule has 2 aliphatic heterocycles. The predicted molar refractivity (Wildman–Crippen MR) is 48.1 cm³/mol. The first kappa shape index (κ1) is 7.41. The van der Waals surface area contributed by atoms with E-state index in [4.69, 9.17) is 0 Å². The average Bonchev–Trinajstić information content (AvgIpc) is 2.80. The molecule has 0 amide bonds. The van der Waals surface area contributed by atoms with E-state index in [0.717, 1.165) is 25.2 Å². The van der Waals surface area contributed by atoms with Crippen molar-refractivity contribution >= 4 is 0 Å². The molecular weight excluding hydrogens is 164 g/mol. The topological polar surface area (TPSA) is 49.8 Å². The summed E-state index contributed by atoms with van der Waals surface area (Å²) in [7, 11) is 0. The van der Waals surface area contributed by atoms with E-state index in [-0.39, 0.29) is 5.54 Å². The molecule has 2 bridgehead atoms. The molecule has 68 valence electrons. The zero-order chi connectivity index (χ0) is 8.73. The molecule has 2 aliphatic rings.